The summed E-state index contributed by atoms with van der Waals surface area (Å²) in [6.07, 6.45) is 30.6. The van der Waals surface area contributed by atoms with Crippen LogP contribution in [0.5, 0.6) is 0 Å². The van der Waals surface area contributed by atoms with Gasteiger partial charge in [-0.15, -0.1) is 0 Å². The van der Waals surface area contributed by atoms with Gasteiger partial charge < -0.3 is 28.7 Å². The molecule has 0 saturated heterocycles. The lowest BCUT2D eigenvalue weighted by Gasteiger charge is -2.23. The van der Waals surface area contributed by atoms with Gasteiger partial charge in [-0.25, -0.2) is 97.2 Å². The number of nitrogens with two attached hydrogens (primary N) is 5. The molecule has 10 N–H and O–H groups in total. The van der Waals surface area contributed by atoms with Crippen molar-refractivity contribution in [3.05, 3.63) is 333 Å². The summed E-state index contributed by atoms with van der Waals surface area (Å²) in [5, 5.41) is 21.7. The Balaban J connectivity index is 0.0000000988. The van der Waals surface area contributed by atoms with Gasteiger partial charge in [-0.2, -0.15) is 20.4 Å². The van der Waals surface area contributed by atoms with E-state index in [0.29, 0.717) is 75.2 Å². The molecule has 5 aliphatic rings. The van der Waals surface area contributed by atoms with Crippen LogP contribution in [0, 0.1) is 19.7 Å². The van der Waals surface area contributed by atoms with Gasteiger partial charge in [-0.05, 0) is 156 Å². The van der Waals surface area contributed by atoms with Crippen molar-refractivity contribution >= 4 is 111 Å². The summed E-state index contributed by atoms with van der Waals surface area (Å²) in [5.74, 6) is 8.64. The number of halogens is 1. The minimum Gasteiger partial charge on any atom is -0.382 e. The van der Waals surface area contributed by atoms with Gasteiger partial charge in [-0.1, -0.05) is 203 Å². The van der Waals surface area contributed by atoms with Crippen LogP contribution in [0.2, 0.25) is 0 Å². The number of nitrogens with zero attached hydrogens (tertiary/aromatic N) is 26. The number of imidazole rings is 5. The van der Waals surface area contributed by atoms with Gasteiger partial charge in [0.1, 0.15) is 122 Å². The smallest absolute Gasteiger partial charge is 0.158 e. The van der Waals surface area contributed by atoms with Crippen molar-refractivity contribution in [3.63, 3.8) is 0 Å². The number of aryl methyl sites for hydroxylation is 2. The lowest BCUT2D eigenvalue weighted by Crippen LogP contribution is -2.14. The van der Waals surface area contributed by atoms with E-state index < -0.39 is 5.82 Å². The Labute approximate surface area is 848 Å². The Morgan fingerprint density at radius 2 is 0.669 bits per heavy atom. The number of hydrogen-bond acceptors (Lipinski definition) is 26. The molecule has 728 valence electrons. The molecule has 16 aromatic heterocycles. The molecule has 0 amide bonds. The topological polar surface area (TPSA) is 423 Å². The average Bonchev–Trinajstić information content (AvgIpc) is 1.62. The fraction of sp³-hybridized carbons (Fsp3) is 0.198. The molecule has 0 bridgehead atoms. The average molecular weight is 1950 g/mol. The summed E-state index contributed by atoms with van der Waals surface area (Å²) in [7, 11) is 0. The second-order valence-corrected chi connectivity index (χ2v) is 38.4. The second-order valence-electron chi connectivity index (χ2n) is 38.4. The Morgan fingerprint density at radius 3 is 1.16 bits per heavy atom. The maximum atomic E-state index is 15.8. The molecule has 0 radical (unpaired) electrons. The van der Waals surface area contributed by atoms with Crippen LogP contribution in [0.15, 0.2) is 287 Å². The zero-order chi connectivity index (χ0) is 99.0. The molecule has 0 aliphatic heterocycles. The van der Waals surface area contributed by atoms with Crippen molar-refractivity contribution in [2.45, 2.75) is 147 Å². The summed E-state index contributed by atoms with van der Waals surface area (Å²) in [5.41, 5.74) is 57.3. The van der Waals surface area contributed by atoms with Crippen LogP contribution in [0.4, 0.5) is 33.5 Å². The van der Waals surface area contributed by atoms with Gasteiger partial charge in [0, 0.05) is 120 Å². The minimum absolute atomic E-state index is 0. The van der Waals surface area contributed by atoms with Gasteiger partial charge in [0.25, 0.3) is 0 Å². The quantitative estimate of drug-likeness (QED) is 0.0675. The number of fused-ring (bicyclic) bond motifs is 10. The lowest BCUT2D eigenvalue weighted by atomic mass is 9.85. The predicted molar refractivity (Wildman–Crippen MR) is 578 cm³/mol. The molecule has 8 aromatic carbocycles. The number of rotatable bonds is 14. The summed E-state index contributed by atoms with van der Waals surface area (Å²) in [6, 6.07) is 78.6. The molecule has 5 saturated carbocycles. The molecule has 0 spiro atoms. The standard InChI is InChI=1S/C25H22N6.C24H19FN6.C24H20N6.C23H19N7.C19H18N6.CH4/c1-15-12-20(16-6-3-2-4-7-16)29-21-13-18(10-11-19(15)21)22-23-24(26)27-14-28-31(23)25(30-22)17-8-5-9-17;25-19-17(11-9-15-10-12-18(29-20(15)19)14-5-2-1-3-6-14)21-22-23(26)27-13-28-31(22)24(30-21)16-7-4-8-16;25-23-22-21(29-24(17-7-4-8-17)30(22)27-14-26-23)18-10-9-16-11-12-19(28-20(16)13-18)15-5-2-1-3-6-15;24-22-21-20(29-23(15-4-3-5-15)30(21)27-13-26-22)16-8-7-14-9-10-18(28-19(14)12-16)17-6-1-2-11-25-17;1-11-10-22-14-6-5-13(9-15(14)23-11)16-17-18(20)21-7-8-25(17)19(24-16)12-3-2-4-12;/h2-4,6-7,10-14,17H,5,8-9H2,1H3,(H2,26,27,28);1-3,5-6,9-13,16H,4,7-8H2,(H2,26,27,28);1-3,5-6,9-14,17H,4,7-8H2,(H2,25,26,27);1-2,6-13,15H,3-5H2,(H2,24,26,27);5-10,12H,2-4H2,1H3,(H2,20,21);1H4. The monoisotopic (exact) mass is 1950 g/mol. The van der Waals surface area contributed by atoms with E-state index in [9.17, 15) is 0 Å². The predicted octanol–water partition coefficient (Wildman–Crippen LogP) is 23.4. The molecule has 29 rings (SSSR count). The van der Waals surface area contributed by atoms with E-state index in [0.717, 1.165) is 254 Å². The molecule has 16 heterocycles. The molecule has 5 fully saturated rings. The highest BCUT2D eigenvalue weighted by atomic mass is 19.1. The minimum atomic E-state index is -0.418. The van der Waals surface area contributed by atoms with E-state index in [1.165, 1.54) is 69.4 Å². The molecular formula is C116H102FN31. The van der Waals surface area contributed by atoms with E-state index in [1.807, 2.05) is 154 Å². The first-order valence-corrected chi connectivity index (χ1v) is 49.9. The third-order valence-corrected chi connectivity index (χ3v) is 29.3. The fourth-order valence-electron chi connectivity index (χ4n) is 20.3. The van der Waals surface area contributed by atoms with Crippen LogP contribution in [-0.2, 0) is 0 Å². The van der Waals surface area contributed by atoms with Crippen molar-refractivity contribution in [3.8, 4) is 101 Å². The van der Waals surface area contributed by atoms with Crippen LogP contribution in [0.1, 0.15) is 174 Å². The van der Waals surface area contributed by atoms with Crippen LogP contribution in [0.25, 0.3) is 184 Å². The van der Waals surface area contributed by atoms with Gasteiger partial charge in [-0.3, -0.25) is 14.4 Å². The van der Waals surface area contributed by atoms with E-state index in [4.69, 9.17) is 68.5 Å². The normalized spacial score (nSPS) is 14.3. The largest absolute Gasteiger partial charge is 0.382 e. The SMILES string of the molecule is C.Cc1cc(-c2ccccc2)nc2cc(-c3nc(C4CCC4)n4ncnc(N)c34)ccc12.Cc1cnc2ccc(-c3nc(C4CCC4)n4ccnc(N)c34)cc2n1.Nc1ncnn2c(C3CCC3)nc(-c3ccc4ccc(-c5ccccc5)nc4c3)c12.Nc1ncnn2c(C3CCC3)nc(-c3ccc4ccc(-c5ccccc5)nc4c3F)c12.Nc1ncnn2c(C3CCC3)nc(-c3ccc4ccc(-c5ccccn5)nc4c3)c12. The summed E-state index contributed by atoms with van der Waals surface area (Å²) >= 11 is 0. The van der Waals surface area contributed by atoms with Gasteiger partial charge >= 0.3 is 0 Å². The van der Waals surface area contributed by atoms with Crippen molar-refractivity contribution in [1.29, 1.82) is 0 Å². The zero-order valence-corrected chi connectivity index (χ0v) is 80.5. The maximum Gasteiger partial charge on any atom is 0.158 e. The summed E-state index contributed by atoms with van der Waals surface area (Å²) in [6.45, 7) is 4.07. The molecular weight excluding hydrogens is 1850 g/mol. The maximum absolute atomic E-state index is 15.8. The van der Waals surface area contributed by atoms with Crippen molar-refractivity contribution in [1.82, 2.24) is 128 Å². The molecule has 31 nitrogen and oxygen atoms in total. The number of hydrogen-bond donors (Lipinski definition) is 5. The second kappa shape index (κ2) is 38.7. The fourth-order valence-corrected chi connectivity index (χ4v) is 20.3. The zero-order valence-electron chi connectivity index (χ0n) is 80.5. The van der Waals surface area contributed by atoms with E-state index in [1.54, 1.807) is 29.2 Å². The third kappa shape index (κ3) is 17.0. The molecule has 148 heavy (non-hydrogen) atoms. The third-order valence-electron chi connectivity index (χ3n) is 29.3. The molecule has 32 heteroatoms. The van der Waals surface area contributed by atoms with Crippen LogP contribution < -0.4 is 28.7 Å². The van der Waals surface area contributed by atoms with E-state index in [2.05, 4.69) is 180 Å². The number of benzene rings is 8. The molecule has 0 atom stereocenters. The molecule has 5 aliphatic carbocycles. The van der Waals surface area contributed by atoms with Crippen LogP contribution >= 0.6 is 0 Å². The Morgan fingerprint density at radius 1 is 0.284 bits per heavy atom. The summed E-state index contributed by atoms with van der Waals surface area (Å²) < 4.78 is 25.3. The first-order chi connectivity index (χ1) is 72.1. The van der Waals surface area contributed by atoms with Gasteiger partial charge in [0.05, 0.1) is 61.7 Å². The van der Waals surface area contributed by atoms with Gasteiger partial charge in [0.15, 0.2) is 29.1 Å². The number of aromatic nitrogens is 26. The highest BCUT2D eigenvalue weighted by Gasteiger charge is 2.35. The number of pyridine rings is 5. The van der Waals surface area contributed by atoms with Gasteiger partial charge in [0.2, 0.25) is 0 Å². The van der Waals surface area contributed by atoms with E-state index in [-0.39, 0.29) is 13.2 Å². The van der Waals surface area contributed by atoms with Crippen LogP contribution in [0.3, 0.4) is 0 Å². The number of nitrogen functional groups attached to an aromatic ring is 5. The van der Waals surface area contributed by atoms with Crippen molar-refractivity contribution in [2.75, 3.05) is 28.7 Å². The highest BCUT2D eigenvalue weighted by Crippen LogP contribution is 2.47. The molecule has 24 aromatic rings. The Kier molecular flexibility index (Phi) is 24.1. The van der Waals surface area contributed by atoms with Crippen LogP contribution in [-0.4, -0.2) is 128 Å². The first-order valence-electron chi connectivity index (χ1n) is 49.9. The Hall–Kier alpha value is -18.4. The first kappa shape index (κ1) is 92.1. The Bertz CT molecular complexity index is 8990. The number of anilines is 5. The summed E-state index contributed by atoms with van der Waals surface area (Å²) in [4.78, 5) is 78.6. The lowest BCUT2D eigenvalue weighted by molar-refractivity contribution is 0.396. The van der Waals surface area contributed by atoms with Crippen molar-refractivity contribution < 1.29 is 4.39 Å². The molecule has 0 unspecified atom stereocenters. The highest BCUT2D eigenvalue weighted by molar-refractivity contribution is 5.98. The van der Waals surface area contributed by atoms with Crippen molar-refractivity contribution in [2.24, 2.45) is 0 Å². The van der Waals surface area contributed by atoms with E-state index >= 15 is 4.39 Å².